The van der Waals surface area contributed by atoms with Gasteiger partial charge in [0.1, 0.15) is 11.5 Å². The van der Waals surface area contributed by atoms with E-state index in [9.17, 15) is 4.79 Å². The molecule has 0 amide bonds. The van der Waals surface area contributed by atoms with Crippen molar-refractivity contribution in [2.24, 2.45) is 11.3 Å². The normalized spacial score (nSPS) is 13.3. The van der Waals surface area contributed by atoms with E-state index in [1.54, 1.807) is 12.4 Å². The van der Waals surface area contributed by atoms with Gasteiger partial charge in [0, 0.05) is 24.2 Å². The number of benzene rings is 1. The Morgan fingerprint density at radius 2 is 1.81 bits per heavy atom. The fourth-order valence-electron chi connectivity index (χ4n) is 2.58. The third kappa shape index (κ3) is 6.89. The number of carbonyl (C=O) groups excluding carboxylic acids is 1. The molecular weight excluding hydrogens is 338 g/mol. The van der Waals surface area contributed by atoms with Crippen molar-refractivity contribution >= 4 is 12.0 Å². The number of aromatic nitrogens is 1. The monoisotopic (exact) mass is 367 g/mol. The van der Waals surface area contributed by atoms with Crippen LogP contribution < -0.4 is 4.74 Å². The summed E-state index contributed by atoms with van der Waals surface area (Å²) in [5.41, 5.74) is 0.549. The molecule has 1 unspecified atom stereocenters. The highest BCUT2D eigenvalue weighted by molar-refractivity contribution is 5.70. The molecule has 4 heteroatoms. The predicted octanol–water partition coefficient (Wildman–Crippen LogP) is 5.51. The molecule has 2 rings (SSSR count). The first-order chi connectivity index (χ1) is 12.8. The molecule has 4 nitrogen and oxygen atoms in total. The van der Waals surface area contributed by atoms with Crippen LogP contribution in [0.3, 0.4) is 0 Å². The van der Waals surface area contributed by atoms with Crippen LogP contribution in [0.4, 0.5) is 0 Å². The number of carbonyl (C=O) groups is 1. The third-order valence-electron chi connectivity index (χ3n) is 3.84. The number of hydrogen-bond acceptors (Lipinski definition) is 4. The van der Waals surface area contributed by atoms with E-state index in [-0.39, 0.29) is 17.3 Å². The lowest BCUT2D eigenvalue weighted by Crippen LogP contribution is -2.35. The standard InChI is InChI=1S/C23H29NO3/c1-17(2)14-21(25)27-22(23(3,4)5)20(15-18-10-9-13-24-16-18)26-19-11-7-6-8-12-19/h6-13,15-17,22H,14H2,1-5H3. The van der Waals surface area contributed by atoms with Crippen molar-refractivity contribution in [2.75, 3.05) is 0 Å². The van der Waals surface area contributed by atoms with Crippen LogP contribution >= 0.6 is 0 Å². The fourth-order valence-corrected chi connectivity index (χ4v) is 2.58. The van der Waals surface area contributed by atoms with Gasteiger partial charge in [-0.05, 0) is 35.8 Å². The van der Waals surface area contributed by atoms with Gasteiger partial charge in [0.2, 0.25) is 0 Å². The second-order valence-corrected chi connectivity index (χ2v) is 8.08. The highest BCUT2D eigenvalue weighted by atomic mass is 16.6. The van der Waals surface area contributed by atoms with Crippen LogP contribution in [-0.2, 0) is 9.53 Å². The van der Waals surface area contributed by atoms with Crippen molar-refractivity contribution in [1.29, 1.82) is 0 Å². The Morgan fingerprint density at radius 3 is 2.37 bits per heavy atom. The van der Waals surface area contributed by atoms with Gasteiger partial charge in [-0.2, -0.15) is 0 Å². The molecule has 0 aliphatic heterocycles. The molecule has 1 aromatic heterocycles. The average molecular weight is 367 g/mol. The maximum atomic E-state index is 12.4. The van der Waals surface area contributed by atoms with E-state index in [0.29, 0.717) is 17.9 Å². The molecule has 144 valence electrons. The molecule has 0 saturated carbocycles. The molecule has 0 saturated heterocycles. The summed E-state index contributed by atoms with van der Waals surface area (Å²) >= 11 is 0. The Kier molecular flexibility index (Phi) is 7.17. The van der Waals surface area contributed by atoms with E-state index >= 15 is 0 Å². The summed E-state index contributed by atoms with van der Waals surface area (Å²) in [6.45, 7) is 10.1. The van der Waals surface area contributed by atoms with Crippen LogP contribution in [0.15, 0.2) is 60.6 Å². The van der Waals surface area contributed by atoms with Crippen molar-refractivity contribution in [3.63, 3.8) is 0 Å². The summed E-state index contributed by atoms with van der Waals surface area (Å²) in [5, 5.41) is 0. The number of hydrogen-bond donors (Lipinski definition) is 0. The lowest BCUT2D eigenvalue weighted by molar-refractivity contribution is -0.154. The SMILES string of the molecule is CC(C)CC(=O)OC(C(=Cc1cccnc1)Oc1ccccc1)C(C)(C)C. The highest BCUT2D eigenvalue weighted by Gasteiger charge is 2.34. The van der Waals surface area contributed by atoms with Gasteiger partial charge in [-0.25, -0.2) is 0 Å². The third-order valence-corrected chi connectivity index (χ3v) is 3.84. The summed E-state index contributed by atoms with van der Waals surface area (Å²) in [4.78, 5) is 16.6. The number of nitrogens with zero attached hydrogens (tertiary/aromatic N) is 1. The number of para-hydroxylation sites is 1. The largest absolute Gasteiger partial charge is 0.458 e. The first-order valence-electron chi connectivity index (χ1n) is 9.29. The van der Waals surface area contributed by atoms with Gasteiger partial charge in [0.05, 0.1) is 0 Å². The van der Waals surface area contributed by atoms with E-state index in [1.807, 2.05) is 83.2 Å². The zero-order valence-electron chi connectivity index (χ0n) is 16.8. The van der Waals surface area contributed by atoms with E-state index in [1.165, 1.54) is 0 Å². The minimum absolute atomic E-state index is 0.223. The summed E-state index contributed by atoms with van der Waals surface area (Å²) in [5.74, 6) is 1.29. The molecule has 0 radical (unpaired) electrons. The van der Waals surface area contributed by atoms with Crippen LogP contribution in [0.25, 0.3) is 6.08 Å². The molecule has 2 aromatic rings. The molecule has 1 atom stereocenters. The quantitative estimate of drug-likeness (QED) is 0.478. The summed E-state index contributed by atoms with van der Waals surface area (Å²) in [7, 11) is 0. The molecule has 0 N–H and O–H groups in total. The maximum absolute atomic E-state index is 12.4. The number of rotatable bonds is 7. The van der Waals surface area contributed by atoms with E-state index in [4.69, 9.17) is 9.47 Å². The molecule has 1 aromatic carbocycles. The minimum atomic E-state index is -0.524. The molecule has 0 fully saturated rings. The second kappa shape index (κ2) is 9.36. The van der Waals surface area contributed by atoms with Crippen LogP contribution in [0.1, 0.15) is 46.6 Å². The van der Waals surface area contributed by atoms with Crippen molar-refractivity contribution in [2.45, 2.75) is 47.1 Å². The van der Waals surface area contributed by atoms with Gasteiger partial charge in [-0.1, -0.05) is 58.9 Å². The predicted molar refractivity (Wildman–Crippen MR) is 108 cm³/mol. The van der Waals surface area contributed by atoms with Crippen LogP contribution in [0.5, 0.6) is 5.75 Å². The molecule has 27 heavy (non-hydrogen) atoms. The topological polar surface area (TPSA) is 48.4 Å². The summed E-state index contributed by atoms with van der Waals surface area (Å²) in [6.07, 6.45) is 5.21. The Balaban J connectivity index is 2.40. The number of esters is 1. The van der Waals surface area contributed by atoms with Gasteiger partial charge in [0.15, 0.2) is 6.10 Å². The maximum Gasteiger partial charge on any atom is 0.306 e. The van der Waals surface area contributed by atoms with Crippen molar-refractivity contribution in [1.82, 2.24) is 4.98 Å². The van der Waals surface area contributed by atoms with Gasteiger partial charge < -0.3 is 9.47 Å². The van der Waals surface area contributed by atoms with Crippen molar-refractivity contribution in [3.05, 3.63) is 66.2 Å². The van der Waals surface area contributed by atoms with Gasteiger partial charge in [-0.15, -0.1) is 0 Å². The van der Waals surface area contributed by atoms with Gasteiger partial charge in [0.25, 0.3) is 0 Å². The van der Waals surface area contributed by atoms with Gasteiger partial charge >= 0.3 is 5.97 Å². The van der Waals surface area contributed by atoms with Crippen LogP contribution in [0, 0.1) is 11.3 Å². The molecule has 0 spiro atoms. The summed E-state index contributed by atoms with van der Waals surface area (Å²) in [6, 6.07) is 13.3. The van der Waals surface area contributed by atoms with Crippen molar-refractivity contribution in [3.8, 4) is 5.75 Å². The fraction of sp³-hybridized carbons (Fsp3) is 0.391. The first kappa shape index (κ1) is 20.7. The Hall–Kier alpha value is -2.62. The van der Waals surface area contributed by atoms with Gasteiger partial charge in [-0.3, -0.25) is 9.78 Å². The molecular formula is C23H29NO3. The zero-order chi connectivity index (χ0) is 19.9. The van der Waals surface area contributed by atoms with E-state index in [0.717, 1.165) is 5.56 Å². The first-order valence-corrected chi connectivity index (χ1v) is 9.29. The smallest absolute Gasteiger partial charge is 0.306 e. The average Bonchev–Trinajstić information content (AvgIpc) is 2.59. The van der Waals surface area contributed by atoms with Crippen LogP contribution in [-0.4, -0.2) is 17.1 Å². The highest BCUT2D eigenvalue weighted by Crippen LogP contribution is 2.31. The zero-order valence-corrected chi connectivity index (χ0v) is 16.8. The minimum Gasteiger partial charge on any atom is -0.458 e. The lowest BCUT2D eigenvalue weighted by Gasteiger charge is -2.32. The lowest BCUT2D eigenvalue weighted by atomic mass is 9.87. The summed E-state index contributed by atoms with van der Waals surface area (Å²) < 4.78 is 12.0. The number of pyridine rings is 1. The van der Waals surface area contributed by atoms with E-state index in [2.05, 4.69) is 4.98 Å². The molecule has 1 heterocycles. The Bertz CT molecular complexity index is 746. The van der Waals surface area contributed by atoms with Crippen molar-refractivity contribution < 1.29 is 14.3 Å². The van der Waals surface area contributed by atoms with E-state index < -0.39 is 6.10 Å². The molecule has 0 aliphatic carbocycles. The molecule has 0 bridgehead atoms. The molecule has 0 aliphatic rings. The second-order valence-electron chi connectivity index (χ2n) is 8.08. The number of ether oxygens (including phenoxy) is 2. The van der Waals surface area contributed by atoms with Crippen LogP contribution in [0.2, 0.25) is 0 Å². The Labute approximate surface area is 162 Å². The Morgan fingerprint density at radius 1 is 1.11 bits per heavy atom.